The highest BCUT2D eigenvalue weighted by molar-refractivity contribution is 14.1. The molecule has 2 aromatic rings. The van der Waals surface area contributed by atoms with Gasteiger partial charge in [-0.15, -0.1) is 0 Å². The second-order valence-corrected chi connectivity index (χ2v) is 6.46. The first kappa shape index (κ1) is 14.6. The lowest BCUT2D eigenvalue weighted by Crippen LogP contribution is -2.05. The Balaban J connectivity index is 2.46. The molecule has 0 fully saturated rings. The van der Waals surface area contributed by atoms with E-state index >= 15 is 0 Å². The molecule has 98 valence electrons. The van der Waals surface area contributed by atoms with E-state index in [9.17, 15) is 9.90 Å². The number of carboxylic acid groups (broad SMARTS) is 1. The van der Waals surface area contributed by atoms with Gasteiger partial charge in [-0.3, -0.25) is 0 Å². The lowest BCUT2D eigenvalue weighted by molar-refractivity contribution is 0.0698. The number of carboxylic acids is 1. The van der Waals surface area contributed by atoms with Crippen molar-refractivity contribution in [1.82, 2.24) is 0 Å². The van der Waals surface area contributed by atoms with Crippen molar-refractivity contribution >= 4 is 62.5 Å². The molecule has 0 saturated heterocycles. The van der Waals surface area contributed by atoms with Crippen molar-refractivity contribution in [2.24, 2.45) is 0 Å². The van der Waals surface area contributed by atoms with Gasteiger partial charge in [-0.25, -0.2) is 4.79 Å². The first-order valence-electron chi connectivity index (χ1n) is 5.54. The van der Waals surface area contributed by atoms with Gasteiger partial charge < -0.3 is 10.4 Å². The molecule has 19 heavy (non-hydrogen) atoms. The Bertz CT molecular complexity index is 641. The third-order valence-corrected chi connectivity index (χ3v) is 4.26. The minimum absolute atomic E-state index is 0.282. The van der Waals surface area contributed by atoms with Gasteiger partial charge in [-0.05, 0) is 88.0 Å². The zero-order valence-corrected chi connectivity index (χ0v) is 14.4. The summed E-state index contributed by atoms with van der Waals surface area (Å²) in [6.07, 6.45) is 0. The number of halogens is 2. The van der Waals surface area contributed by atoms with Crippen molar-refractivity contribution in [3.05, 3.63) is 54.7 Å². The monoisotopic (exact) mass is 479 g/mol. The van der Waals surface area contributed by atoms with Crippen molar-refractivity contribution in [3.63, 3.8) is 0 Å². The van der Waals surface area contributed by atoms with E-state index in [1.807, 2.05) is 25.1 Å². The van der Waals surface area contributed by atoms with Crippen LogP contribution in [0.15, 0.2) is 36.4 Å². The molecular formula is C14H11I2NO2. The summed E-state index contributed by atoms with van der Waals surface area (Å²) < 4.78 is 2.04. The molecule has 0 spiro atoms. The largest absolute Gasteiger partial charge is 0.478 e. The number of aryl methyl sites for hydroxylation is 1. The predicted molar refractivity (Wildman–Crippen MR) is 93.3 cm³/mol. The Labute approximate surface area is 138 Å². The van der Waals surface area contributed by atoms with E-state index in [-0.39, 0.29) is 5.56 Å². The molecule has 5 heteroatoms. The lowest BCUT2D eigenvalue weighted by Gasteiger charge is -2.14. The highest BCUT2D eigenvalue weighted by Crippen LogP contribution is 2.29. The van der Waals surface area contributed by atoms with E-state index in [2.05, 4.69) is 56.6 Å². The highest BCUT2D eigenvalue weighted by atomic mass is 127. The molecule has 0 aliphatic rings. The summed E-state index contributed by atoms with van der Waals surface area (Å²) in [5, 5.41) is 12.5. The van der Waals surface area contributed by atoms with Crippen LogP contribution < -0.4 is 5.32 Å². The van der Waals surface area contributed by atoms with Crippen molar-refractivity contribution in [2.75, 3.05) is 5.32 Å². The fraction of sp³-hybridized carbons (Fsp3) is 0.0714. The van der Waals surface area contributed by atoms with Gasteiger partial charge in [-0.1, -0.05) is 6.07 Å². The number of rotatable bonds is 3. The van der Waals surface area contributed by atoms with Crippen molar-refractivity contribution < 1.29 is 9.90 Å². The van der Waals surface area contributed by atoms with Gasteiger partial charge in [0, 0.05) is 12.8 Å². The quantitative estimate of drug-likeness (QED) is 0.631. The molecule has 0 amide bonds. The van der Waals surface area contributed by atoms with Gasteiger partial charge >= 0.3 is 5.97 Å². The summed E-state index contributed by atoms with van der Waals surface area (Å²) in [5.41, 5.74) is 2.93. The van der Waals surface area contributed by atoms with E-state index in [4.69, 9.17) is 0 Å². The van der Waals surface area contributed by atoms with E-state index in [1.165, 1.54) is 0 Å². The molecule has 0 aliphatic carbocycles. The molecule has 0 atom stereocenters. The summed E-state index contributed by atoms with van der Waals surface area (Å²) in [7, 11) is 0. The fourth-order valence-electron chi connectivity index (χ4n) is 1.73. The number of aromatic carboxylic acids is 1. The van der Waals surface area contributed by atoms with Crippen LogP contribution in [0.5, 0.6) is 0 Å². The number of hydrogen-bond acceptors (Lipinski definition) is 2. The molecule has 0 heterocycles. The van der Waals surface area contributed by atoms with Gasteiger partial charge in [0.1, 0.15) is 0 Å². The van der Waals surface area contributed by atoms with Crippen LogP contribution in [0.25, 0.3) is 0 Å². The second kappa shape index (κ2) is 6.08. The number of nitrogens with one attached hydrogen (secondary N) is 1. The number of anilines is 2. The average molecular weight is 479 g/mol. The minimum Gasteiger partial charge on any atom is -0.478 e. The molecule has 0 bridgehead atoms. The molecule has 2 rings (SSSR count). The summed E-state index contributed by atoms with van der Waals surface area (Å²) in [4.78, 5) is 11.3. The van der Waals surface area contributed by atoms with Crippen LogP contribution in [-0.4, -0.2) is 11.1 Å². The summed E-state index contributed by atoms with van der Waals surface area (Å²) >= 11 is 4.39. The van der Waals surface area contributed by atoms with Crippen LogP contribution in [0.3, 0.4) is 0 Å². The maximum atomic E-state index is 11.3. The molecule has 2 aromatic carbocycles. The van der Waals surface area contributed by atoms with Crippen molar-refractivity contribution in [3.8, 4) is 0 Å². The maximum absolute atomic E-state index is 11.3. The Morgan fingerprint density at radius 1 is 1.21 bits per heavy atom. The molecular weight excluding hydrogens is 468 g/mol. The third-order valence-electron chi connectivity index (χ3n) is 2.69. The van der Waals surface area contributed by atoms with Crippen molar-refractivity contribution in [1.29, 1.82) is 0 Å². The van der Waals surface area contributed by atoms with Crippen LogP contribution in [0, 0.1) is 14.1 Å². The number of hydrogen-bond donors (Lipinski definition) is 2. The zero-order valence-electron chi connectivity index (χ0n) is 10.1. The molecule has 0 unspecified atom stereocenters. The molecule has 2 N–H and O–H groups in total. The van der Waals surface area contributed by atoms with E-state index in [0.717, 1.165) is 18.4 Å². The lowest BCUT2D eigenvalue weighted by atomic mass is 10.1. The Kier molecular flexibility index (Phi) is 4.67. The van der Waals surface area contributed by atoms with Gasteiger partial charge in [0.05, 0.1) is 11.3 Å². The topological polar surface area (TPSA) is 49.3 Å². The molecule has 3 nitrogen and oxygen atoms in total. The average Bonchev–Trinajstić information content (AvgIpc) is 2.34. The minimum atomic E-state index is -0.927. The first-order valence-corrected chi connectivity index (χ1v) is 7.70. The highest BCUT2D eigenvalue weighted by Gasteiger charge is 2.13. The Morgan fingerprint density at radius 3 is 2.58 bits per heavy atom. The number of benzene rings is 2. The zero-order chi connectivity index (χ0) is 14.0. The predicted octanol–water partition coefficient (Wildman–Crippen LogP) is 4.65. The second-order valence-electron chi connectivity index (χ2n) is 4.05. The molecule has 0 aromatic heterocycles. The number of para-hydroxylation sites is 1. The van der Waals surface area contributed by atoms with Gasteiger partial charge in [0.2, 0.25) is 0 Å². The number of carbonyl (C=O) groups is 1. The smallest absolute Gasteiger partial charge is 0.337 e. The molecule has 0 aliphatic heterocycles. The van der Waals surface area contributed by atoms with Crippen molar-refractivity contribution in [2.45, 2.75) is 6.92 Å². The van der Waals surface area contributed by atoms with Crippen LogP contribution >= 0.6 is 45.2 Å². The van der Waals surface area contributed by atoms with Crippen LogP contribution in [0.4, 0.5) is 11.4 Å². The summed E-state index contributed by atoms with van der Waals surface area (Å²) in [6.45, 7) is 2.00. The maximum Gasteiger partial charge on any atom is 0.337 e. The van der Waals surface area contributed by atoms with Gasteiger partial charge in [0.25, 0.3) is 0 Å². The van der Waals surface area contributed by atoms with Crippen LogP contribution in [0.1, 0.15) is 15.9 Å². The standard InChI is InChI=1S/C14H11I2NO2/c1-8-7-9(15)5-6-12(8)17-13-10(14(18)19)3-2-4-11(13)16/h2-7,17H,1H3,(H,18,19). The fourth-order valence-corrected chi connectivity index (χ4v) is 3.01. The van der Waals surface area contributed by atoms with Gasteiger partial charge in [-0.2, -0.15) is 0 Å². The van der Waals surface area contributed by atoms with Crippen LogP contribution in [0.2, 0.25) is 0 Å². The van der Waals surface area contributed by atoms with E-state index in [0.29, 0.717) is 5.69 Å². The normalized spacial score (nSPS) is 10.3. The van der Waals surface area contributed by atoms with Gasteiger partial charge in [0.15, 0.2) is 0 Å². The SMILES string of the molecule is Cc1cc(I)ccc1Nc1c(I)cccc1C(=O)O. The first-order chi connectivity index (χ1) is 8.99. The van der Waals surface area contributed by atoms with Crippen LogP contribution in [-0.2, 0) is 0 Å². The van der Waals surface area contributed by atoms with E-state index in [1.54, 1.807) is 12.1 Å². The Hall–Kier alpha value is -0.830. The Morgan fingerprint density at radius 2 is 1.95 bits per heavy atom. The summed E-state index contributed by atoms with van der Waals surface area (Å²) in [6, 6.07) is 11.3. The third kappa shape index (κ3) is 3.38. The molecule has 0 radical (unpaired) electrons. The molecule has 0 saturated carbocycles. The van der Waals surface area contributed by atoms with E-state index < -0.39 is 5.97 Å². The summed E-state index contributed by atoms with van der Waals surface area (Å²) in [5.74, 6) is -0.927.